The summed E-state index contributed by atoms with van der Waals surface area (Å²) < 4.78 is 26.5. The fourth-order valence-electron chi connectivity index (χ4n) is 1.55. The Morgan fingerprint density at radius 2 is 2.00 bits per heavy atom. The summed E-state index contributed by atoms with van der Waals surface area (Å²) in [6.45, 7) is 4.95. The van der Waals surface area contributed by atoms with E-state index in [0.29, 0.717) is 12.1 Å². The number of aliphatic imine (C=N–C) groups is 1. The van der Waals surface area contributed by atoms with E-state index in [1.54, 1.807) is 13.0 Å². The summed E-state index contributed by atoms with van der Waals surface area (Å²) in [5, 5.41) is 0. The van der Waals surface area contributed by atoms with Crippen LogP contribution in [0.1, 0.15) is 36.7 Å². The van der Waals surface area contributed by atoms with Gasteiger partial charge in [0.15, 0.2) is 5.78 Å². The van der Waals surface area contributed by atoms with E-state index in [1.165, 1.54) is 30.5 Å². The van der Waals surface area contributed by atoms with E-state index < -0.39 is 5.92 Å². The Hall–Kier alpha value is -2.28. The first-order chi connectivity index (χ1) is 9.90. The third-order valence-corrected chi connectivity index (χ3v) is 2.62. The van der Waals surface area contributed by atoms with Gasteiger partial charge in [-0.15, -0.1) is 12.8 Å². The number of halogens is 2. The van der Waals surface area contributed by atoms with Crippen molar-refractivity contribution in [3.05, 3.63) is 47.0 Å². The molecule has 0 radical (unpaired) electrons. The van der Waals surface area contributed by atoms with Gasteiger partial charge in [-0.3, -0.25) is 9.79 Å². The van der Waals surface area contributed by atoms with Gasteiger partial charge in [0.1, 0.15) is 0 Å². The first-order valence-electron chi connectivity index (χ1n) is 6.42. The summed E-state index contributed by atoms with van der Waals surface area (Å²) in [6.07, 6.45) is 11.1. The number of carbonyl (C=O) groups excluding carboxylic acids is 1. The molecular weight excluding hydrogens is 272 g/mol. The maximum absolute atomic E-state index is 13.2. The first kappa shape index (κ1) is 18.7. The molecule has 2 nitrogen and oxygen atoms in total. The van der Waals surface area contributed by atoms with Crippen molar-refractivity contribution in [3.63, 3.8) is 0 Å². The third kappa shape index (κ3) is 5.70. The number of alkyl halides is 2. The topological polar surface area (TPSA) is 29.4 Å². The summed E-state index contributed by atoms with van der Waals surface area (Å²) in [5.74, 6) is -3.25. The van der Waals surface area contributed by atoms with Crippen LogP contribution in [0, 0.1) is 12.8 Å². The van der Waals surface area contributed by atoms with Crippen molar-refractivity contribution in [1.29, 1.82) is 0 Å². The Balaban J connectivity index is 0.00000191. The molecule has 0 bridgehead atoms. The smallest absolute Gasteiger partial charge is 0.270 e. The van der Waals surface area contributed by atoms with Crippen molar-refractivity contribution < 1.29 is 13.6 Å². The standard InChI is InChI=1S/C15H17F2NO.C2H2/c1-4-11(10-18-5-2)14(19)12-7-6-8-13(9-12)15(3,16)17;1-2/h4,6-10H,5H2,1-3H3;1-2H/b11-4+,18-10?;. The van der Waals surface area contributed by atoms with Crippen molar-refractivity contribution in [1.82, 2.24) is 0 Å². The van der Waals surface area contributed by atoms with Crippen LogP contribution in [0.25, 0.3) is 0 Å². The molecule has 0 saturated heterocycles. The van der Waals surface area contributed by atoms with Crippen LogP contribution in [-0.4, -0.2) is 18.5 Å². The average Bonchev–Trinajstić information content (AvgIpc) is 2.49. The Bertz CT molecular complexity index is 551. The van der Waals surface area contributed by atoms with E-state index in [4.69, 9.17) is 0 Å². The lowest BCUT2D eigenvalue weighted by Crippen LogP contribution is -2.10. The summed E-state index contributed by atoms with van der Waals surface area (Å²) in [6, 6.07) is 5.53. The zero-order valence-corrected chi connectivity index (χ0v) is 12.4. The fraction of sp³-hybridized carbons (Fsp3) is 0.294. The molecule has 0 saturated carbocycles. The average molecular weight is 291 g/mol. The van der Waals surface area contributed by atoms with Crippen LogP contribution in [0.3, 0.4) is 0 Å². The number of rotatable bonds is 5. The molecule has 0 unspecified atom stereocenters. The number of benzene rings is 1. The predicted molar refractivity (Wildman–Crippen MR) is 83.0 cm³/mol. The van der Waals surface area contributed by atoms with E-state index in [-0.39, 0.29) is 16.9 Å². The molecule has 0 spiro atoms. The quantitative estimate of drug-likeness (QED) is 0.345. The molecule has 0 amide bonds. The van der Waals surface area contributed by atoms with E-state index in [0.717, 1.165) is 6.92 Å². The lowest BCUT2D eigenvalue weighted by molar-refractivity contribution is 0.0174. The minimum absolute atomic E-state index is 0.166. The zero-order valence-electron chi connectivity index (χ0n) is 12.4. The molecule has 112 valence electrons. The van der Waals surface area contributed by atoms with E-state index in [1.807, 2.05) is 6.92 Å². The summed E-state index contributed by atoms with van der Waals surface area (Å²) in [7, 11) is 0. The van der Waals surface area contributed by atoms with Crippen molar-refractivity contribution in [2.75, 3.05) is 6.54 Å². The molecule has 0 aliphatic heterocycles. The molecule has 1 aromatic rings. The van der Waals surface area contributed by atoms with Crippen molar-refractivity contribution >= 4 is 12.0 Å². The van der Waals surface area contributed by atoms with E-state index >= 15 is 0 Å². The van der Waals surface area contributed by atoms with Crippen LogP contribution >= 0.6 is 0 Å². The molecule has 0 aromatic heterocycles. The third-order valence-electron chi connectivity index (χ3n) is 2.62. The Kier molecular flexibility index (Phi) is 7.85. The lowest BCUT2D eigenvalue weighted by atomic mass is 10.00. The van der Waals surface area contributed by atoms with Gasteiger partial charge < -0.3 is 0 Å². The first-order valence-corrected chi connectivity index (χ1v) is 6.42. The van der Waals surface area contributed by atoms with E-state index in [2.05, 4.69) is 17.8 Å². The van der Waals surface area contributed by atoms with Crippen molar-refractivity contribution in [2.45, 2.75) is 26.7 Å². The maximum Gasteiger partial charge on any atom is 0.270 e. The van der Waals surface area contributed by atoms with Crippen LogP contribution in [0.5, 0.6) is 0 Å². The van der Waals surface area contributed by atoms with Crippen LogP contribution in [0.2, 0.25) is 0 Å². The SMILES string of the molecule is C#C.C/C=C(\C=NCC)C(=O)c1cccc(C(C)(F)F)c1. The Morgan fingerprint density at radius 3 is 2.48 bits per heavy atom. The molecular formula is C17H19F2NO. The molecule has 0 aliphatic rings. The number of Topliss-reactive ketones (excluding diaryl/α,β-unsaturated/α-hetero) is 1. The number of hydrogen-bond acceptors (Lipinski definition) is 2. The highest BCUT2D eigenvalue weighted by molar-refractivity contribution is 6.21. The molecule has 4 heteroatoms. The van der Waals surface area contributed by atoms with Crippen molar-refractivity contribution in [2.24, 2.45) is 4.99 Å². The summed E-state index contributed by atoms with van der Waals surface area (Å²) >= 11 is 0. The Morgan fingerprint density at radius 1 is 1.38 bits per heavy atom. The highest BCUT2D eigenvalue weighted by atomic mass is 19.3. The second kappa shape index (κ2) is 8.80. The van der Waals surface area contributed by atoms with Crippen LogP contribution in [0.4, 0.5) is 8.78 Å². The monoisotopic (exact) mass is 291 g/mol. The summed E-state index contributed by atoms with van der Waals surface area (Å²) in [5.41, 5.74) is 0.481. The Labute approximate surface area is 124 Å². The second-order valence-electron chi connectivity index (χ2n) is 4.17. The summed E-state index contributed by atoms with van der Waals surface area (Å²) in [4.78, 5) is 16.2. The molecule has 0 fully saturated rings. The van der Waals surface area contributed by atoms with Gasteiger partial charge in [-0.2, -0.15) is 0 Å². The van der Waals surface area contributed by atoms with Gasteiger partial charge in [-0.25, -0.2) is 8.78 Å². The normalized spacial score (nSPS) is 11.9. The number of ketones is 1. The number of allylic oxidation sites excluding steroid dienone is 2. The second-order valence-corrected chi connectivity index (χ2v) is 4.17. The molecule has 1 rings (SSSR count). The van der Waals surface area contributed by atoms with Gasteiger partial charge in [-0.05, 0) is 19.9 Å². The van der Waals surface area contributed by atoms with Crippen LogP contribution in [0.15, 0.2) is 40.9 Å². The van der Waals surface area contributed by atoms with Gasteiger partial charge in [0.05, 0.1) is 0 Å². The largest absolute Gasteiger partial charge is 0.293 e. The van der Waals surface area contributed by atoms with Gasteiger partial charge in [0.2, 0.25) is 0 Å². The molecule has 0 N–H and O–H groups in total. The minimum atomic E-state index is -2.95. The lowest BCUT2D eigenvalue weighted by Gasteiger charge is -2.11. The molecule has 21 heavy (non-hydrogen) atoms. The van der Waals surface area contributed by atoms with Crippen LogP contribution < -0.4 is 0 Å². The predicted octanol–water partition coefficient (Wildman–Crippen LogP) is 4.27. The molecule has 0 heterocycles. The molecule has 0 atom stereocenters. The minimum Gasteiger partial charge on any atom is -0.293 e. The van der Waals surface area contributed by atoms with Gasteiger partial charge >= 0.3 is 0 Å². The molecule has 0 aliphatic carbocycles. The van der Waals surface area contributed by atoms with Gasteiger partial charge in [0.25, 0.3) is 5.92 Å². The highest BCUT2D eigenvalue weighted by Gasteiger charge is 2.25. The van der Waals surface area contributed by atoms with E-state index in [9.17, 15) is 13.6 Å². The highest BCUT2D eigenvalue weighted by Crippen LogP contribution is 2.27. The van der Waals surface area contributed by atoms with Gasteiger partial charge in [-0.1, -0.05) is 24.3 Å². The zero-order chi connectivity index (χ0) is 16.5. The number of hydrogen-bond donors (Lipinski definition) is 0. The number of terminal acetylenes is 1. The maximum atomic E-state index is 13.2. The van der Waals surface area contributed by atoms with Gasteiger partial charge in [0, 0.05) is 36.4 Å². The van der Waals surface area contributed by atoms with Crippen LogP contribution in [-0.2, 0) is 5.92 Å². The number of carbonyl (C=O) groups is 1. The molecule has 1 aromatic carbocycles. The number of nitrogens with zero attached hydrogens (tertiary/aromatic N) is 1. The fourth-order valence-corrected chi connectivity index (χ4v) is 1.55. The van der Waals surface area contributed by atoms with Crippen molar-refractivity contribution in [3.8, 4) is 12.8 Å².